The van der Waals surface area contributed by atoms with Gasteiger partial charge >= 0.3 is 12.1 Å². The molecule has 1 aliphatic rings. The maximum Gasteiger partial charge on any atom is 0.418 e. The van der Waals surface area contributed by atoms with E-state index in [9.17, 15) is 31.2 Å². The molecule has 1 aromatic carbocycles. The quantitative estimate of drug-likeness (QED) is 0.841. The Morgan fingerprint density at radius 3 is 2.26 bits per heavy atom. The van der Waals surface area contributed by atoms with Gasteiger partial charge in [0.1, 0.15) is 0 Å². The number of rotatable bonds is 1. The van der Waals surface area contributed by atoms with Gasteiger partial charge in [0.15, 0.2) is 15.6 Å². The number of ketones is 1. The zero-order valence-electron chi connectivity index (χ0n) is 12.4. The first-order valence-corrected chi connectivity index (χ1v) is 8.11. The van der Waals surface area contributed by atoms with Crippen LogP contribution in [0.1, 0.15) is 45.7 Å². The van der Waals surface area contributed by atoms with Gasteiger partial charge in [-0.3, -0.25) is 4.79 Å². The molecule has 0 fully saturated rings. The number of alkyl halides is 3. The molecule has 0 aromatic heterocycles. The number of sulfone groups is 1. The molecule has 1 aromatic rings. The van der Waals surface area contributed by atoms with Crippen LogP contribution in [0.25, 0.3) is 0 Å². The maximum atomic E-state index is 13.4. The van der Waals surface area contributed by atoms with Crippen LogP contribution in [0.4, 0.5) is 13.2 Å². The van der Waals surface area contributed by atoms with Crippen molar-refractivity contribution in [3.8, 4) is 0 Å². The number of halogens is 3. The van der Waals surface area contributed by atoms with E-state index in [4.69, 9.17) is 5.11 Å². The third kappa shape index (κ3) is 2.62. The maximum absolute atomic E-state index is 13.4. The Bertz CT molecular complexity index is 835. The lowest BCUT2D eigenvalue weighted by atomic mass is 9.82. The number of fused-ring (bicyclic) bond motifs is 1. The van der Waals surface area contributed by atoms with Crippen molar-refractivity contribution in [1.29, 1.82) is 0 Å². The first-order valence-electron chi connectivity index (χ1n) is 6.46. The van der Waals surface area contributed by atoms with Gasteiger partial charge in [-0.1, -0.05) is 13.8 Å². The number of aromatic carboxylic acids is 1. The molecule has 0 aliphatic carbocycles. The molecule has 23 heavy (non-hydrogen) atoms. The molecule has 0 unspecified atom stereocenters. The number of hydrogen-bond acceptors (Lipinski definition) is 4. The highest BCUT2D eigenvalue weighted by molar-refractivity contribution is 7.91. The summed E-state index contributed by atoms with van der Waals surface area (Å²) in [4.78, 5) is 22.9. The standard InChI is InChI=1S/C14H13F3O5S/c1-6-4-7(12(19)20)9(14(15,16)17)8-10(6)23(21,22)5-13(2,3)11(8)18/h4H,5H2,1-3H3,(H,19,20). The summed E-state index contributed by atoms with van der Waals surface area (Å²) in [6.07, 6.45) is -5.18. The van der Waals surface area contributed by atoms with Crippen LogP contribution in [0.15, 0.2) is 11.0 Å². The van der Waals surface area contributed by atoms with E-state index >= 15 is 0 Å². The lowest BCUT2D eigenvalue weighted by Crippen LogP contribution is -2.41. The smallest absolute Gasteiger partial charge is 0.418 e. The van der Waals surface area contributed by atoms with Gasteiger partial charge in [0.05, 0.1) is 27.3 Å². The second kappa shape index (κ2) is 4.80. The zero-order chi connectivity index (χ0) is 18.0. The van der Waals surface area contributed by atoms with Crippen LogP contribution >= 0.6 is 0 Å². The number of benzene rings is 1. The van der Waals surface area contributed by atoms with Gasteiger partial charge in [-0.2, -0.15) is 13.2 Å². The lowest BCUT2D eigenvalue weighted by molar-refractivity contribution is -0.138. The van der Waals surface area contributed by atoms with E-state index in [1.807, 2.05) is 0 Å². The molecule has 0 radical (unpaired) electrons. The molecular weight excluding hydrogens is 337 g/mol. The third-order valence-electron chi connectivity index (χ3n) is 3.68. The van der Waals surface area contributed by atoms with E-state index in [0.717, 1.165) is 0 Å². The number of carboxylic acids is 1. The van der Waals surface area contributed by atoms with Crippen molar-refractivity contribution in [2.75, 3.05) is 5.75 Å². The fourth-order valence-corrected chi connectivity index (χ4v) is 5.11. The number of Topliss-reactive ketones (excluding diaryl/α,β-unsaturated/α-hetero) is 1. The predicted molar refractivity (Wildman–Crippen MR) is 73.3 cm³/mol. The molecule has 0 spiro atoms. The van der Waals surface area contributed by atoms with Crippen molar-refractivity contribution in [3.05, 3.63) is 28.3 Å². The molecule has 126 valence electrons. The zero-order valence-corrected chi connectivity index (χ0v) is 13.2. The molecule has 0 saturated carbocycles. The van der Waals surface area contributed by atoms with Crippen LogP contribution in [-0.2, 0) is 16.0 Å². The summed E-state index contributed by atoms with van der Waals surface area (Å²) in [6, 6.07) is 0.646. The first kappa shape index (κ1) is 17.5. The van der Waals surface area contributed by atoms with Crippen LogP contribution in [0.5, 0.6) is 0 Å². The van der Waals surface area contributed by atoms with Crippen molar-refractivity contribution in [1.82, 2.24) is 0 Å². The molecular formula is C14H13F3O5S. The first-order chi connectivity index (χ1) is 10.2. The summed E-state index contributed by atoms with van der Waals surface area (Å²) >= 11 is 0. The summed E-state index contributed by atoms with van der Waals surface area (Å²) in [7, 11) is -4.15. The molecule has 5 nitrogen and oxygen atoms in total. The van der Waals surface area contributed by atoms with Crippen LogP contribution in [0, 0.1) is 12.3 Å². The number of hydrogen-bond donors (Lipinski definition) is 1. The molecule has 1 aliphatic heterocycles. The largest absolute Gasteiger partial charge is 0.478 e. The summed E-state index contributed by atoms with van der Waals surface area (Å²) < 4.78 is 64.9. The highest BCUT2D eigenvalue weighted by Crippen LogP contribution is 2.45. The Morgan fingerprint density at radius 2 is 1.83 bits per heavy atom. The van der Waals surface area contributed by atoms with Crippen molar-refractivity contribution in [2.24, 2.45) is 5.41 Å². The number of aryl methyl sites for hydroxylation is 1. The van der Waals surface area contributed by atoms with Crippen molar-refractivity contribution >= 4 is 21.6 Å². The molecule has 1 N–H and O–H groups in total. The summed E-state index contributed by atoms with van der Waals surface area (Å²) in [5.41, 5.74) is -5.66. The molecule has 0 amide bonds. The fourth-order valence-electron chi connectivity index (χ4n) is 2.83. The SMILES string of the molecule is Cc1cc(C(=O)O)c(C(F)(F)F)c2c1S(=O)(=O)CC(C)(C)C2=O. The van der Waals surface area contributed by atoms with Crippen molar-refractivity contribution < 1.29 is 36.3 Å². The second-order valence-electron chi connectivity index (χ2n) is 6.10. The Kier molecular flexibility index (Phi) is 3.64. The normalized spacial score (nSPS) is 19.3. The number of carbonyl (C=O) groups excluding carboxylic acids is 1. The second-order valence-corrected chi connectivity index (χ2v) is 8.02. The minimum Gasteiger partial charge on any atom is -0.478 e. The predicted octanol–water partition coefficient (Wildman–Crippen LogP) is 2.71. The Labute approximate surface area is 130 Å². The van der Waals surface area contributed by atoms with Crippen LogP contribution in [-0.4, -0.2) is 31.0 Å². The van der Waals surface area contributed by atoms with E-state index < -0.39 is 60.5 Å². The van der Waals surface area contributed by atoms with E-state index in [-0.39, 0.29) is 5.56 Å². The molecule has 9 heteroatoms. The van der Waals surface area contributed by atoms with Crippen LogP contribution in [0.2, 0.25) is 0 Å². The average Bonchev–Trinajstić information content (AvgIpc) is 2.31. The molecule has 0 saturated heterocycles. The topological polar surface area (TPSA) is 88.5 Å². The van der Waals surface area contributed by atoms with E-state index in [1.54, 1.807) is 0 Å². The van der Waals surface area contributed by atoms with Gasteiger partial charge in [0.2, 0.25) is 0 Å². The highest BCUT2D eigenvalue weighted by atomic mass is 32.2. The molecule has 0 atom stereocenters. The van der Waals surface area contributed by atoms with Gasteiger partial charge in [0.25, 0.3) is 0 Å². The third-order valence-corrected chi connectivity index (χ3v) is 5.93. The van der Waals surface area contributed by atoms with Crippen LogP contribution in [0.3, 0.4) is 0 Å². The van der Waals surface area contributed by atoms with E-state index in [0.29, 0.717) is 6.07 Å². The average molecular weight is 350 g/mol. The van der Waals surface area contributed by atoms with E-state index in [2.05, 4.69) is 0 Å². The minimum atomic E-state index is -5.18. The van der Waals surface area contributed by atoms with Gasteiger partial charge in [-0.05, 0) is 18.6 Å². The van der Waals surface area contributed by atoms with Gasteiger partial charge in [-0.15, -0.1) is 0 Å². The summed E-state index contributed by atoms with van der Waals surface area (Å²) in [5.74, 6) is -3.53. The summed E-state index contributed by atoms with van der Waals surface area (Å²) in [6.45, 7) is 3.62. The van der Waals surface area contributed by atoms with Gasteiger partial charge < -0.3 is 5.11 Å². The molecule has 1 heterocycles. The van der Waals surface area contributed by atoms with Crippen LogP contribution < -0.4 is 0 Å². The Morgan fingerprint density at radius 1 is 1.30 bits per heavy atom. The monoisotopic (exact) mass is 350 g/mol. The van der Waals surface area contributed by atoms with Gasteiger partial charge in [0, 0.05) is 5.41 Å². The Hall–Kier alpha value is -1.90. The number of carbonyl (C=O) groups is 2. The van der Waals surface area contributed by atoms with Crippen molar-refractivity contribution in [3.63, 3.8) is 0 Å². The molecule has 2 rings (SSSR count). The Balaban J connectivity index is 3.11. The minimum absolute atomic E-state index is 0.186. The number of carboxylic acid groups (broad SMARTS) is 1. The molecule has 0 bridgehead atoms. The van der Waals surface area contributed by atoms with Gasteiger partial charge in [-0.25, -0.2) is 13.2 Å². The highest BCUT2D eigenvalue weighted by Gasteiger charge is 2.50. The van der Waals surface area contributed by atoms with E-state index in [1.165, 1.54) is 20.8 Å². The summed E-state index contributed by atoms with van der Waals surface area (Å²) in [5, 5.41) is 9.04. The lowest BCUT2D eigenvalue weighted by Gasteiger charge is -2.32. The van der Waals surface area contributed by atoms with Crippen molar-refractivity contribution in [2.45, 2.75) is 31.8 Å². The fraction of sp³-hybridized carbons (Fsp3) is 0.429.